The van der Waals surface area contributed by atoms with Crippen LogP contribution < -0.4 is 5.32 Å². The summed E-state index contributed by atoms with van der Waals surface area (Å²) in [5.74, 6) is 0. The SMILES string of the molecule is [CH2]COC(=O)Nc1cccc(SC)c1. The number of ether oxygens (including phenoxy) is 1. The minimum Gasteiger partial charge on any atom is -0.449 e. The smallest absolute Gasteiger partial charge is 0.411 e. The number of thioether (sulfide) groups is 1. The van der Waals surface area contributed by atoms with Crippen molar-refractivity contribution in [1.82, 2.24) is 0 Å². The largest absolute Gasteiger partial charge is 0.449 e. The van der Waals surface area contributed by atoms with E-state index in [0.29, 0.717) is 0 Å². The van der Waals surface area contributed by atoms with Crippen LogP contribution in [0.15, 0.2) is 29.2 Å². The lowest BCUT2D eigenvalue weighted by Gasteiger charge is -2.05. The van der Waals surface area contributed by atoms with Crippen molar-refractivity contribution >= 4 is 23.5 Å². The van der Waals surface area contributed by atoms with Crippen LogP contribution in [0.1, 0.15) is 0 Å². The summed E-state index contributed by atoms with van der Waals surface area (Å²) in [7, 11) is 0. The Kier molecular flexibility index (Phi) is 4.32. The number of hydrogen-bond acceptors (Lipinski definition) is 3. The molecule has 0 fully saturated rings. The fraction of sp³-hybridized carbons (Fsp3) is 0.200. The summed E-state index contributed by atoms with van der Waals surface area (Å²) in [5.41, 5.74) is 0.732. The van der Waals surface area contributed by atoms with Crippen LogP contribution in [-0.4, -0.2) is 19.0 Å². The van der Waals surface area contributed by atoms with Crippen molar-refractivity contribution in [1.29, 1.82) is 0 Å². The van der Waals surface area contributed by atoms with E-state index in [1.54, 1.807) is 11.8 Å². The van der Waals surface area contributed by atoms with E-state index >= 15 is 0 Å². The van der Waals surface area contributed by atoms with Crippen LogP contribution in [0.4, 0.5) is 10.5 Å². The Balaban J connectivity index is 2.62. The molecule has 1 aromatic carbocycles. The molecule has 0 bridgehead atoms. The molecule has 0 saturated carbocycles. The number of nitrogens with one attached hydrogen (secondary N) is 1. The highest BCUT2D eigenvalue weighted by Gasteiger charge is 2.01. The van der Waals surface area contributed by atoms with Gasteiger partial charge in [-0.05, 0) is 31.4 Å². The molecule has 0 aliphatic rings. The maximum absolute atomic E-state index is 11.0. The maximum atomic E-state index is 11.0. The molecule has 1 rings (SSSR count). The van der Waals surface area contributed by atoms with Gasteiger partial charge in [0.25, 0.3) is 0 Å². The number of hydrogen-bond donors (Lipinski definition) is 1. The van der Waals surface area contributed by atoms with Gasteiger partial charge in [0, 0.05) is 10.6 Å². The average molecular weight is 210 g/mol. The van der Waals surface area contributed by atoms with Crippen molar-refractivity contribution in [2.24, 2.45) is 0 Å². The van der Waals surface area contributed by atoms with E-state index in [4.69, 9.17) is 0 Å². The van der Waals surface area contributed by atoms with Gasteiger partial charge < -0.3 is 4.74 Å². The Bertz CT molecular complexity index is 315. The van der Waals surface area contributed by atoms with Crippen molar-refractivity contribution in [2.45, 2.75) is 4.90 Å². The van der Waals surface area contributed by atoms with E-state index in [2.05, 4.69) is 17.0 Å². The van der Waals surface area contributed by atoms with E-state index in [1.165, 1.54) is 0 Å². The third-order valence-electron chi connectivity index (χ3n) is 1.55. The Labute approximate surface area is 87.8 Å². The molecule has 1 amide bonds. The third kappa shape index (κ3) is 3.30. The highest BCUT2D eigenvalue weighted by Crippen LogP contribution is 2.18. The zero-order valence-electron chi connectivity index (χ0n) is 7.95. The molecular formula is C10H12NO2S. The first kappa shape index (κ1) is 10.9. The van der Waals surface area contributed by atoms with Crippen molar-refractivity contribution in [3.8, 4) is 0 Å². The van der Waals surface area contributed by atoms with Gasteiger partial charge in [-0.2, -0.15) is 0 Å². The first-order valence-corrected chi connectivity index (χ1v) is 5.36. The number of carbonyl (C=O) groups excluding carboxylic acids is 1. The maximum Gasteiger partial charge on any atom is 0.411 e. The number of amides is 1. The Morgan fingerprint density at radius 2 is 2.43 bits per heavy atom. The molecule has 0 aliphatic heterocycles. The molecule has 0 atom stereocenters. The predicted molar refractivity (Wildman–Crippen MR) is 58.6 cm³/mol. The lowest BCUT2D eigenvalue weighted by molar-refractivity contribution is 0.173. The lowest BCUT2D eigenvalue weighted by Crippen LogP contribution is -2.13. The molecule has 1 radical (unpaired) electrons. The topological polar surface area (TPSA) is 38.3 Å². The first-order chi connectivity index (χ1) is 6.76. The Morgan fingerprint density at radius 1 is 1.64 bits per heavy atom. The Hall–Kier alpha value is -1.16. The lowest BCUT2D eigenvalue weighted by atomic mass is 10.3. The second kappa shape index (κ2) is 5.54. The van der Waals surface area contributed by atoms with Gasteiger partial charge in [0.15, 0.2) is 0 Å². The summed E-state index contributed by atoms with van der Waals surface area (Å²) >= 11 is 1.62. The number of rotatable bonds is 3. The fourth-order valence-corrected chi connectivity index (χ4v) is 1.41. The molecule has 0 aliphatic carbocycles. The first-order valence-electron chi connectivity index (χ1n) is 4.13. The van der Waals surface area contributed by atoms with Crippen molar-refractivity contribution < 1.29 is 9.53 Å². The van der Waals surface area contributed by atoms with Crippen molar-refractivity contribution in [2.75, 3.05) is 18.2 Å². The molecule has 0 saturated heterocycles. The van der Waals surface area contributed by atoms with E-state index in [9.17, 15) is 4.79 Å². The van der Waals surface area contributed by atoms with Crippen molar-refractivity contribution in [3.05, 3.63) is 31.2 Å². The summed E-state index contributed by atoms with van der Waals surface area (Å²) in [6.45, 7) is 3.55. The standard InChI is InChI=1S/C10H12NO2S/c1-3-13-10(12)11-8-5-4-6-9(7-8)14-2/h4-7H,1,3H2,2H3,(H,11,12). The molecule has 75 valence electrons. The Morgan fingerprint density at radius 3 is 3.07 bits per heavy atom. The minimum atomic E-state index is -0.474. The number of benzene rings is 1. The molecule has 1 N–H and O–H groups in total. The van der Waals surface area contributed by atoms with Gasteiger partial charge in [-0.25, -0.2) is 4.79 Å². The van der Waals surface area contributed by atoms with Crippen LogP contribution in [-0.2, 0) is 4.74 Å². The summed E-state index contributed by atoms with van der Waals surface area (Å²) in [6, 6.07) is 7.55. The molecule has 0 spiro atoms. The van der Waals surface area contributed by atoms with E-state index in [1.807, 2.05) is 30.5 Å². The van der Waals surface area contributed by atoms with Crippen LogP contribution in [0.25, 0.3) is 0 Å². The van der Waals surface area contributed by atoms with E-state index < -0.39 is 6.09 Å². The van der Waals surface area contributed by atoms with Crippen LogP contribution >= 0.6 is 11.8 Å². The van der Waals surface area contributed by atoms with E-state index in [0.717, 1.165) is 10.6 Å². The summed E-state index contributed by atoms with van der Waals surface area (Å²) in [5, 5.41) is 2.60. The average Bonchev–Trinajstić information content (AvgIpc) is 2.18. The normalized spacial score (nSPS) is 9.57. The van der Waals surface area contributed by atoms with Crippen LogP contribution in [0, 0.1) is 6.92 Å². The highest BCUT2D eigenvalue weighted by molar-refractivity contribution is 7.98. The summed E-state index contributed by atoms with van der Waals surface area (Å²) in [4.78, 5) is 12.1. The molecular weight excluding hydrogens is 198 g/mol. The molecule has 0 unspecified atom stereocenters. The van der Waals surface area contributed by atoms with Gasteiger partial charge >= 0.3 is 6.09 Å². The van der Waals surface area contributed by atoms with E-state index in [-0.39, 0.29) is 6.61 Å². The monoisotopic (exact) mass is 210 g/mol. The van der Waals surface area contributed by atoms with Crippen molar-refractivity contribution in [3.63, 3.8) is 0 Å². The number of anilines is 1. The molecule has 0 heterocycles. The molecule has 4 heteroatoms. The highest BCUT2D eigenvalue weighted by atomic mass is 32.2. The zero-order chi connectivity index (χ0) is 10.4. The molecule has 3 nitrogen and oxygen atoms in total. The van der Waals surface area contributed by atoms with Crippen LogP contribution in [0.2, 0.25) is 0 Å². The fourth-order valence-electron chi connectivity index (χ4n) is 0.947. The summed E-state index contributed by atoms with van der Waals surface area (Å²) < 4.78 is 4.65. The number of carbonyl (C=O) groups is 1. The van der Waals surface area contributed by atoms with Crippen LogP contribution in [0.3, 0.4) is 0 Å². The minimum absolute atomic E-state index is 0.133. The van der Waals surface area contributed by atoms with Crippen LogP contribution in [0.5, 0.6) is 0 Å². The van der Waals surface area contributed by atoms with Gasteiger partial charge in [-0.15, -0.1) is 11.8 Å². The molecule has 14 heavy (non-hydrogen) atoms. The predicted octanol–water partition coefficient (Wildman–Crippen LogP) is 2.79. The molecule has 0 aromatic heterocycles. The second-order valence-corrected chi connectivity index (χ2v) is 3.37. The van der Waals surface area contributed by atoms with Gasteiger partial charge in [-0.3, -0.25) is 5.32 Å². The van der Waals surface area contributed by atoms with Gasteiger partial charge in [0.2, 0.25) is 0 Å². The third-order valence-corrected chi connectivity index (χ3v) is 2.27. The zero-order valence-corrected chi connectivity index (χ0v) is 8.76. The summed E-state index contributed by atoms with van der Waals surface area (Å²) in [6.07, 6.45) is 1.51. The van der Waals surface area contributed by atoms with Gasteiger partial charge in [0.05, 0.1) is 6.61 Å². The second-order valence-electron chi connectivity index (χ2n) is 2.49. The van der Waals surface area contributed by atoms with Gasteiger partial charge in [-0.1, -0.05) is 6.07 Å². The van der Waals surface area contributed by atoms with Gasteiger partial charge in [0.1, 0.15) is 0 Å². The molecule has 1 aromatic rings. The quantitative estimate of drug-likeness (QED) is 0.779.